The van der Waals surface area contributed by atoms with E-state index in [-0.39, 0.29) is 54.6 Å². The summed E-state index contributed by atoms with van der Waals surface area (Å²) in [6.45, 7) is 1.07. The molecule has 31 heavy (non-hydrogen) atoms. The number of ether oxygens (including phenoxy) is 1. The van der Waals surface area contributed by atoms with Crippen molar-refractivity contribution < 1.29 is 28.7 Å². The van der Waals surface area contributed by atoms with E-state index in [1.165, 1.54) is 12.1 Å². The van der Waals surface area contributed by atoms with E-state index in [1.54, 1.807) is 6.07 Å². The van der Waals surface area contributed by atoms with Crippen molar-refractivity contribution in [1.29, 1.82) is 0 Å². The molecule has 0 aromatic heterocycles. The number of unbranched alkanes of at least 4 members (excludes halogenated alkanes) is 1. The number of fused-ring (bicyclic) bond motifs is 1. The lowest BCUT2D eigenvalue weighted by molar-refractivity contribution is -0.136. The van der Waals surface area contributed by atoms with Crippen molar-refractivity contribution in [2.24, 2.45) is 0 Å². The molecule has 1 aromatic carbocycles. The highest BCUT2D eigenvalue weighted by Crippen LogP contribution is 2.33. The van der Waals surface area contributed by atoms with Gasteiger partial charge >= 0.3 is 0 Å². The van der Waals surface area contributed by atoms with Gasteiger partial charge in [-0.25, -0.2) is 0 Å². The Morgan fingerprint density at radius 3 is 2.61 bits per heavy atom. The van der Waals surface area contributed by atoms with E-state index in [0.29, 0.717) is 6.54 Å². The molecule has 2 aliphatic heterocycles. The van der Waals surface area contributed by atoms with Crippen molar-refractivity contribution >= 4 is 41.9 Å². The molecule has 3 N–H and O–H groups in total. The lowest BCUT2D eigenvalue weighted by atomic mass is 10.0. The quantitative estimate of drug-likeness (QED) is 0.355. The van der Waals surface area contributed by atoms with Gasteiger partial charge in [0.1, 0.15) is 11.8 Å². The molecule has 168 valence electrons. The summed E-state index contributed by atoms with van der Waals surface area (Å²) in [7, 11) is 1.86. The third kappa shape index (κ3) is 5.39. The van der Waals surface area contributed by atoms with E-state index >= 15 is 0 Å². The molecule has 0 radical (unpaired) electrons. The fourth-order valence-electron chi connectivity index (χ4n) is 3.45. The van der Waals surface area contributed by atoms with Crippen LogP contribution >= 0.6 is 12.4 Å². The molecule has 1 aromatic rings. The number of carbonyl (C=O) groups is 5. The molecule has 5 amide bonds. The van der Waals surface area contributed by atoms with Crippen molar-refractivity contribution in [2.75, 3.05) is 26.7 Å². The summed E-state index contributed by atoms with van der Waals surface area (Å²) in [6, 6.07) is 3.46. The van der Waals surface area contributed by atoms with Crippen LogP contribution in [0, 0.1) is 0 Å². The second-order valence-electron chi connectivity index (χ2n) is 7.08. The van der Waals surface area contributed by atoms with E-state index in [0.717, 1.165) is 24.3 Å². The summed E-state index contributed by atoms with van der Waals surface area (Å²) in [5, 5.41) is 7.90. The largest absolute Gasteiger partial charge is 0.483 e. The summed E-state index contributed by atoms with van der Waals surface area (Å²) in [5.41, 5.74) is 0.128. The standard InChI is InChI=1S/C20H24N4O6.ClH/c1-21-9-2-3-10-22-16(26)11-30-14-6-4-5-12-17(14)20(29)24(19(12)28)13-7-8-15(25)23-18(13)27;/h4-6,13,21H,2-3,7-11H2,1H3,(H,22,26)(H,23,25,27);1H. The average Bonchev–Trinajstić information content (AvgIpc) is 2.97. The maximum atomic E-state index is 12.9. The van der Waals surface area contributed by atoms with Crippen molar-refractivity contribution in [3.8, 4) is 5.75 Å². The third-order valence-electron chi connectivity index (χ3n) is 4.96. The first-order chi connectivity index (χ1) is 14.4. The molecular weight excluding hydrogens is 428 g/mol. The van der Waals surface area contributed by atoms with Gasteiger partial charge in [0, 0.05) is 13.0 Å². The van der Waals surface area contributed by atoms with E-state index < -0.39 is 29.7 Å². The summed E-state index contributed by atoms with van der Waals surface area (Å²) in [5.74, 6) is -2.65. The Bertz CT molecular complexity index is 890. The number of hydrogen-bond donors (Lipinski definition) is 3. The van der Waals surface area contributed by atoms with Crippen molar-refractivity contribution in [3.05, 3.63) is 29.3 Å². The number of nitrogens with zero attached hydrogens (tertiary/aromatic N) is 1. The normalized spacial score (nSPS) is 17.7. The van der Waals surface area contributed by atoms with Crippen molar-refractivity contribution in [1.82, 2.24) is 20.9 Å². The number of halogens is 1. The van der Waals surface area contributed by atoms with Crippen LogP contribution in [-0.4, -0.2) is 67.2 Å². The molecule has 1 fully saturated rings. The van der Waals surface area contributed by atoms with E-state index in [4.69, 9.17) is 4.74 Å². The van der Waals surface area contributed by atoms with Gasteiger partial charge in [-0.2, -0.15) is 0 Å². The van der Waals surface area contributed by atoms with Gasteiger partial charge in [0.25, 0.3) is 17.7 Å². The molecule has 1 unspecified atom stereocenters. The number of hydrogen-bond acceptors (Lipinski definition) is 7. The number of rotatable bonds is 9. The number of amides is 5. The van der Waals surface area contributed by atoms with E-state index in [1.807, 2.05) is 7.05 Å². The fraction of sp³-hybridized carbons (Fsp3) is 0.450. The molecule has 1 saturated heterocycles. The Balaban J connectivity index is 0.00000341. The monoisotopic (exact) mass is 452 g/mol. The van der Waals surface area contributed by atoms with Crippen molar-refractivity contribution in [3.63, 3.8) is 0 Å². The Kier molecular flexibility index (Phi) is 8.52. The Morgan fingerprint density at radius 2 is 1.90 bits per heavy atom. The Morgan fingerprint density at radius 1 is 1.16 bits per heavy atom. The minimum atomic E-state index is -1.05. The molecule has 0 bridgehead atoms. The van der Waals surface area contributed by atoms with Crippen LogP contribution in [0.1, 0.15) is 46.4 Å². The van der Waals surface area contributed by atoms with Crippen LogP contribution < -0.4 is 20.7 Å². The Hall–Kier alpha value is -2.98. The second-order valence-corrected chi connectivity index (χ2v) is 7.08. The highest BCUT2D eigenvalue weighted by atomic mass is 35.5. The van der Waals surface area contributed by atoms with Crippen LogP contribution in [0.4, 0.5) is 0 Å². The van der Waals surface area contributed by atoms with Crippen LogP contribution in [0.15, 0.2) is 18.2 Å². The summed E-state index contributed by atoms with van der Waals surface area (Å²) < 4.78 is 5.51. The molecular formula is C20H25ClN4O6. The molecule has 0 spiro atoms. The topological polar surface area (TPSA) is 134 Å². The zero-order chi connectivity index (χ0) is 21.7. The maximum absolute atomic E-state index is 12.9. The SMILES string of the molecule is CNCCCCNC(=O)COc1cccc2c1C(=O)N(C1CCC(=O)NC1=O)C2=O.Cl. The summed E-state index contributed by atoms with van der Waals surface area (Å²) in [4.78, 5) is 62.0. The van der Waals surface area contributed by atoms with Crippen LogP contribution in [0.2, 0.25) is 0 Å². The number of piperidine rings is 1. The highest BCUT2D eigenvalue weighted by Gasteiger charge is 2.46. The molecule has 1 atom stereocenters. The van der Waals surface area contributed by atoms with Gasteiger partial charge in [-0.3, -0.25) is 34.2 Å². The predicted octanol–water partition coefficient (Wildman–Crippen LogP) is 0.00420. The van der Waals surface area contributed by atoms with Crippen molar-refractivity contribution in [2.45, 2.75) is 31.7 Å². The smallest absolute Gasteiger partial charge is 0.266 e. The molecule has 0 aliphatic carbocycles. The maximum Gasteiger partial charge on any atom is 0.266 e. The molecule has 2 aliphatic rings. The minimum Gasteiger partial charge on any atom is -0.483 e. The minimum absolute atomic E-state index is 0. The first-order valence-electron chi connectivity index (χ1n) is 9.82. The van der Waals surface area contributed by atoms with E-state index in [9.17, 15) is 24.0 Å². The summed E-state index contributed by atoms with van der Waals surface area (Å²) in [6.07, 6.45) is 1.86. The second kappa shape index (κ2) is 10.9. The molecule has 2 heterocycles. The van der Waals surface area contributed by atoms with Gasteiger partial charge in [0.05, 0.1) is 11.1 Å². The fourth-order valence-corrected chi connectivity index (χ4v) is 3.45. The number of imide groups is 2. The van der Waals surface area contributed by atoms with Gasteiger partial charge < -0.3 is 15.4 Å². The molecule has 11 heteroatoms. The van der Waals surface area contributed by atoms with Gasteiger partial charge in [-0.15, -0.1) is 12.4 Å². The number of benzene rings is 1. The van der Waals surface area contributed by atoms with Gasteiger partial charge in [-0.05, 0) is 45.0 Å². The van der Waals surface area contributed by atoms with Gasteiger partial charge in [-0.1, -0.05) is 6.07 Å². The van der Waals surface area contributed by atoms with Crippen LogP contribution in [0.5, 0.6) is 5.75 Å². The van der Waals surface area contributed by atoms with Gasteiger partial charge in [0.15, 0.2) is 6.61 Å². The van der Waals surface area contributed by atoms with Gasteiger partial charge in [0.2, 0.25) is 11.8 Å². The molecule has 10 nitrogen and oxygen atoms in total. The molecule has 3 rings (SSSR count). The van der Waals surface area contributed by atoms with E-state index in [2.05, 4.69) is 16.0 Å². The third-order valence-corrected chi connectivity index (χ3v) is 4.96. The lowest BCUT2D eigenvalue weighted by Crippen LogP contribution is -2.54. The average molecular weight is 453 g/mol. The zero-order valence-electron chi connectivity index (χ0n) is 17.1. The molecule has 0 saturated carbocycles. The first kappa shape index (κ1) is 24.3. The predicted molar refractivity (Wildman–Crippen MR) is 112 cm³/mol. The lowest BCUT2D eigenvalue weighted by Gasteiger charge is -2.27. The van der Waals surface area contributed by atoms with Crippen LogP contribution in [0.3, 0.4) is 0 Å². The highest BCUT2D eigenvalue weighted by molar-refractivity contribution is 6.24. The van der Waals surface area contributed by atoms with Crippen LogP contribution in [0.25, 0.3) is 0 Å². The summed E-state index contributed by atoms with van der Waals surface area (Å²) >= 11 is 0. The number of carbonyl (C=O) groups excluding carboxylic acids is 5. The number of nitrogens with one attached hydrogen (secondary N) is 3. The first-order valence-corrected chi connectivity index (χ1v) is 9.82. The zero-order valence-corrected chi connectivity index (χ0v) is 17.9. The Labute approximate surface area is 185 Å². The van der Waals surface area contributed by atoms with Crippen LogP contribution in [-0.2, 0) is 14.4 Å².